The maximum atomic E-state index is 13.2. The van der Waals surface area contributed by atoms with E-state index in [1.165, 1.54) is 25.3 Å². The first-order valence-electron chi connectivity index (χ1n) is 11.0. The molecule has 3 aromatic rings. The Morgan fingerprint density at radius 1 is 1.06 bits per heavy atom. The number of carbonyl (C=O) groups excluding carboxylic acids is 2. The van der Waals surface area contributed by atoms with Crippen LogP contribution in [0.3, 0.4) is 0 Å². The van der Waals surface area contributed by atoms with Crippen LogP contribution >= 0.6 is 12.4 Å². The highest BCUT2D eigenvalue weighted by molar-refractivity contribution is 6.13. The molecule has 9 nitrogen and oxygen atoms in total. The normalized spacial score (nSPS) is 14.5. The van der Waals surface area contributed by atoms with E-state index in [9.17, 15) is 22.8 Å². The number of nitrogens with zero attached hydrogens (tertiary/aromatic N) is 5. The zero-order chi connectivity index (χ0) is 25.5. The van der Waals surface area contributed by atoms with Crippen LogP contribution in [0.5, 0.6) is 0 Å². The number of fused-ring (bicyclic) bond motifs is 1. The monoisotopic (exact) mass is 525 g/mol. The standard InChI is InChI=1S/C23H26F3N7O2.ClH/c1-13-5-6-15(11-17(13)23(24,25)26)28-22(35)29-21(34)16-12-27-20-18(14(2)30-32(20)4)19(16)33-9-7-31(3)8-10-33;/h5-6,11-12H,7-10H2,1-4H3,(H2,28,29,34,35);1H. The molecular weight excluding hydrogens is 499 g/mol. The molecule has 1 aromatic carbocycles. The zero-order valence-electron chi connectivity index (χ0n) is 20.2. The molecule has 2 aromatic heterocycles. The number of piperazine rings is 1. The number of urea groups is 1. The maximum absolute atomic E-state index is 13.2. The number of carbonyl (C=O) groups is 2. The third-order valence-corrected chi connectivity index (χ3v) is 6.09. The van der Waals surface area contributed by atoms with E-state index >= 15 is 0 Å². The summed E-state index contributed by atoms with van der Waals surface area (Å²) < 4.78 is 41.2. The molecule has 0 radical (unpaired) electrons. The van der Waals surface area contributed by atoms with E-state index < -0.39 is 23.7 Å². The summed E-state index contributed by atoms with van der Waals surface area (Å²) in [6.45, 7) is 6.08. The van der Waals surface area contributed by atoms with E-state index in [1.54, 1.807) is 11.7 Å². The number of amides is 3. The first-order chi connectivity index (χ1) is 16.5. The quantitative estimate of drug-likeness (QED) is 0.541. The summed E-state index contributed by atoms with van der Waals surface area (Å²) in [4.78, 5) is 34.3. The number of anilines is 2. The van der Waals surface area contributed by atoms with Crippen LogP contribution in [-0.4, -0.2) is 64.8 Å². The van der Waals surface area contributed by atoms with Crippen molar-refractivity contribution in [3.63, 3.8) is 0 Å². The van der Waals surface area contributed by atoms with Crippen LogP contribution in [0.15, 0.2) is 24.4 Å². The zero-order valence-corrected chi connectivity index (χ0v) is 21.0. The van der Waals surface area contributed by atoms with Crippen molar-refractivity contribution in [3.05, 3.63) is 46.8 Å². The summed E-state index contributed by atoms with van der Waals surface area (Å²) in [5, 5.41) is 9.68. The van der Waals surface area contributed by atoms with Gasteiger partial charge in [-0.3, -0.25) is 14.8 Å². The van der Waals surface area contributed by atoms with Crippen molar-refractivity contribution in [2.24, 2.45) is 7.05 Å². The Balaban J connectivity index is 0.00000361. The Morgan fingerprint density at radius 3 is 2.36 bits per heavy atom. The molecule has 0 aliphatic carbocycles. The Morgan fingerprint density at radius 2 is 1.72 bits per heavy atom. The molecule has 13 heteroatoms. The van der Waals surface area contributed by atoms with Gasteiger partial charge in [-0.2, -0.15) is 18.3 Å². The predicted octanol–water partition coefficient (Wildman–Crippen LogP) is 3.74. The van der Waals surface area contributed by atoms with Gasteiger partial charge in [0.15, 0.2) is 5.65 Å². The molecule has 0 atom stereocenters. The second-order valence-electron chi connectivity index (χ2n) is 8.65. The molecule has 36 heavy (non-hydrogen) atoms. The van der Waals surface area contributed by atoms with Gasteiger partial charge in [-0.1, -0.05) is 6.07 Å². The smallest absolute Gasteiger partial charge is 0.368 e. The lowest BCUT2D eigenvalue weighted by molar-refractivity contribution is -0.138. The number of nitrogens with one attached hydrogen (secondary N) is 2. The molecule has 1 aliphatic rings. The van der Waals surface area contributed by atoms with Crippen LogP contribution in [0.2, 0.25) is 0 Å². The number of hydrogen-bond acceptors (Lipinski definition) is 6. The predicted molar refractivity (Wildman–Crippen MR) is 133 cm³/mol. The van der Waals surface area contributed by atoms with Gasteiger partial charge < -0.3 is 15.1 Å². The van der Waals surface area contributed by atoms with Gasteiger partial charge in [0.2, 0.25) is 0 Å². The van der Waals surface area contributed by atoms with Gasteiger partial charge >= 0.3 is 12.2 Å². The molecule has 4 rings (SSSR count). The highest BCUT2D eigenvalue weighted by Gasteiger charge is 2.33. The van der Waals surface area contributed by atoms with Crippen molar-refractivity contribution in [2.75, 3.05) is 43.4 Å². The highest BCUT2D eigenvalue weighted by Crippen LogP contribution is 2.34. The fourth-order valence-corrected chi connectivity index (χ4v) is 4.26. The lowest BCUT2D eigenvalue weighted by Crippen LogP contribution is -2.45. The third-order valence-electron chi connectivity index (χ3n) is 6.09. The van der Waals surface area contributed by atoms with E-state index in [1.807, 2.05) is 14.0 Å². The first kappa shape index (κ1) is 27.2. The Labute approximate surface area is 212 Å². The number of rotatable bonds is 3. The fraction of sp³-hybridized carbons (Fsp3) is 0.391. The average Bonchev–Trinajstić information content (AvgIpc) is 3.07. The van der Waals surface area contributed by atoms with E-state index in [-0.39, 0.29) is 29.2 Å². The number of likely N-dealkylation sites (N-methyl/N-ethyl adjacent to an activating group) is 1. The minimum Gasteiger partial charge on any atom is -0.368 e. The van der Waals surface area contributed by atoms with E-state index in [2.05, 4.69) is 30.5 Å². The van der Waals surface area contributed by atoms with Gasteiger partial charge in [0.25, 0.3) is 5.91 Å². The van der Waals surface area contributed by atoms with Crippen LogP contribution in [0.1, 0.15) is 27.2 Å². The van der Waals surface area contributed by atoms with Crippen LogP contribution in [0.25, 0.3) is 11.0 Å². The molecule has 1 aliphatic heterocycles. The molecule has 2 N–H and O–H groups in total. The van der Waals surface area contributed by atoms with Crippen LogP contribution in [0.4, 0.5) is 29.3 Å². The van der Waals surface area contributed by atoms with Crippen LogP contribution in [-0.2, 0) is 13.2 Å². The molecule has 0 bridgehead atoms. The molecule has 3 amide bonds. The van der Waals surface area contributed by atoms with Crippen molar-refractivity contribution in [1.82, 2.24) is 25.0 Å². The molecule has 1 fully saturated rings. The topological polar surface area (TPSA) is 95.4 Å². The number of imide groups is 1. The summed E-state index contributed by atoms with van der Waals surface area (Å²) in [5.41, 5.74) is 1.22. The fourth-order valence-electron chi connectivity index (χ4n) is 4.26. The van der Waals surface area contributed by atoms with E-state index in [0.717, 1.165) is 24.5 Å². The number of hydrogen-bond donors (Lipinski definition) is 2. The van der Waals surface area contributed by atoms with Gasteiger partial charge in [0, 0.05) is 45.1 Å². The van der Waals surface area contributed by atoms with Gasteiger partial charge in [-0.25, -0.2) is 9.78 Å². The third kappa shape index (κ3) is 5.39. The maximum Gasteiger partial charge on any atom is 0.416 e. The van der Waals surface area contributed by atoms with Gasteiger partial charge in [-0.05, 0) is 38.6 Å². The van der Waals surface area contributed by atoms with Gasteiger partial charge in [-0.15, -0.1) is 12.4 Å². The summed E-state index contributed by atoms with van der Waals surface area (Å²) in [6.07, 6.45) is -3.17. The number of pyridine rings is 1. The minimum absolute atomic E-state index is 0. The number of halogens is 4. The van der Waals surface area contributed by atoms with Crippen molar-refractivity contribution in [1.29, 1.82) is 0 Å². The number of aryl methyl sites for hydroxylation is 3. The second-order valence-corrected chi connectivity index (χ2v) is 8.65. The number of aromatic nitrogens is 3. The number of alkyl halides is 3. The Kier molecular flexibility index (Phi) is 7.79. The SMILES string of the molecule is Cc1ccc(NC(=O)NC(=O)c2cnc3c(c(C)nn3C)c2N2CCN(C)CC2)cc1C(F)(F)F.Cl. The van der Waals surface area contributed by atoms with Crippen LogP contribution in [0, 0.1) is 13.8 Å². The van der Waals surface area contributed by atoms with Crippen molar-refractivity contribution in [2.45, 2.75) is 20.0 Å². The highest BCUT2D eigenvalue weighted by atomic mass is 35.5. The molecule has 3 heterocycles. The molecule has 0 saturated carbocycles. The number of benzene rings is 1. The molecule has 0 spiro atoms. The minimum atomic E-state index is -4.56. The lowest BCUT2D eigenvalue weighted by Gasteiger charge is -2.35. The van der Waals surface area contributed by atoms with E-state index in [4.69, 9.17) is 0 Å². The van der Waals surface area contributed by atoms with Crippen molar-refractivity contribution >= 4 is 46.8 Å². The molecule has 194 valence electrons. The summed E-state index contributed by atoms with van der Waals surface area (Å²) in [5.74, 6) is -0.711. The average molecular weight is 526 g/mol. The van der Waals surface area contributed by atoms with Gasteiger partial charge in [0.1, 0.15) is 0 Å². The second kappa shape index (κ2) is 10.3. The van der Waals surface area contributed by atoms with Gasteiger partial charge in [0.05, 0.1) is 27.9 Å². The molecular formula is C23H27ClF3N7O2. The largest absolute Gasteiger partial charge is 0.416 e. The Hall–Kier alpha value is -3.38. The summed E-state index contributed by atoms with van der Waals surface area (Å²) in [6, 6.07) is 2.49. The summed E-state index contributed by atoms with van der Waals surface area (Å²) >= 11 is 0. The first-order valence-corrected chi connectivity index (χ1v) is 11.0. The van der Waals surface area contributed by atoms with Crippen molar-refractivity contribution in [3.8, 4) is 0 Å². The summed E-state index contributed by atoms with van der Waals surface area (Å²) in [7, 11) is 3.78. The molecule has 0 unspecified atom stereocenters. The molecule has 1 saturated heterocycles. The van der Waals surface area contributed by atoms with Crippen LogP contribution < -0.4 is 15.5 Å². The van der Waals surface area contributed by atoms with E-state index in [0.29, 0.717) is 30.1 Å². The Bertz CT molecular complexity index is 1300. The lowest BCUT2D eigenvalue weighted by atomic mass is 10.1. The van der Waals surface area contributed by atoms with Crippen molar-refractivity contribution < 1.29 is 22.8 Å².